The SMILES string of the molecule is CCC(NC(=O)C(CC(C)C)NC(=O)NCc1ccccc1)C(=O)C(=O)NCc1ccc(OC)cc1OC. The Balaban J connectivity index is 1.97. The average molecular weight is 527 g/mol. The van der Waals surface area contributed by atoms with Crippen molar-refractivity contribution in [2.24, 2.45) is 5.92 Å². The summed E-state index contributed by atoms with van der Waals surface area (Å²) in [5.41, 5.74) is 1.58. The highest BCUT2D eigenvalue weighted by molar-refractivity contribution is 6.38. The summed E-state index contributed by atoms with van der Waals surface area (Å²) in [7, 11) is 3.03. The zero-order valence-corrected chi connectivity index (χ0v) is 22.6. The summed E-state index contributed by atoms with van der Waals surface area (Å²) in [5.74, 6) is -0.933. The lowest BCUT2D eigenvalue weighted by Gasteiger charge is -2.23. The normalized spacial score (nSPS) is 12.2. The second-order valence-corrected chi connectivity index (χ2v) is 9.19. The van der Waals surface area contributed by atoms with Gasteiger partial charge in [-0.1, -0.05) is 51.1 Å². The molecule has 10 nitrogen and oxygen atoms in total. The third kappa shape index (κ3) is 9.42. The third-order valence-electron chi connectivity index (χ3n) is 5.82. The van der Waals surface area contributed by atoms with Gasteiger partial charge >= 0.3 is 6.03 Å². The van der Waals surface area contributed by atoms with Gasteiger partial charge in [0.25, 0.3) is 5.91 Å². The van der Waals surface area contributed by atoms with E-state index in [4.69, 9.17) is 9.47 Å². The van der Waals surface area contributed by atoms with Crippen LogP contribution in [0.1, 0.15) is 44.7 Å². The van der Waals surface area contributed by atoms with Gasteiger partial charge in [-0.15, -0.1) is 0 Å². The van der Waals surface area contributed by atoms with E-state index in [0.717, 1.165) is 5.56 Å². The van der Waals surface area contributed by atoms with E-state index in [1.54, 1.807) is 25.1 Å². The van der Waals surface area contributed by atoms with Crippen molar-refractivity contribution in [1.29, 1.82) is 0 Å². The van der Waals surface area contributed by atoms with Crippen LogP contribution in [0.3, 0.4) is 0 Å². The van der Waals surface area contributed by atoms with Crippen LogP contribution in [0, 0.1) is 5.92 Å². The molecule has 38 heavy (non-hydrogen) atoms. The lowest BCUT2D eigenvalue weighted by molar-refractivity contribution is -0.140. The summed E-state index contributed by atoms with van der Waals surface area (Å²) in [4.78, 5) is 51.0. The number of carbonyl (C=O) groups is 4. The van der Waals surface area contributed by atoms with E-state index in [0.29, 0.717) is 30.0 Å². The Labute approximate surface area is 223 Å². The molecule has 0 bridgehead atoms. The first-order chi connectivity index (χ1) is 18.2. The number of nitrogens with one attached hydrogen (secondary N) is 4. The maximum atomic E-state index is 13.0. The molecule has 2 rings (SSSR count). The van der Waals surface area contributed by atoms with Crippen LogP contribution < -0.4 is 30.7 Å². The van der Waals surface area contributed by atoms with Crippen molar-refractivity contribution >= 4 is 23.6 Å². The summed E-state index contributed by atoms with van der Waals surface area (Å²) in [6, 6.07) is 12.1. The predicted octanol–water partition coefficient (Wildman–Crippen LogP) is 2.70. The minimum absolute atomic E-state index is 0.0568. The molecule has 0 saturated carbocycles. The summed E-state index contributed by atoms with van der Waals surface area (Å²) in [5, 5.41) is 10.6. The zero-order valence-electron chi connectivity index (χ0n) is 22.6. The molecule has 0 aliphatic rings. The van der Waals surface area contributed by atoms with Gasteiger partial charge in [0.05, 0.1) is 20.3 Å². The van der Waals surface area contributed by atoms with E-state index in [9.17, 15) is 19.2 Å². The lowest BCUT2D eigenvalue weighted by Crippen LogP contribution is -2.55. The van der Waals surface area contributed by atoms with Crippen molar-refractivity contribution < 1.29 is 28.7 Å². The standard InChI is InChI=1S/C28H38N4O6/c1-6-22(25(33)27(35)29-17-20-12-13-21(37-4)15-24(20)38-5)31-26(34)23(14-18(2)3)32-28(36)30-16-19-10-8-7-9-11-19/h7-13,15,18,22-23H,6,14,16-17H2,1-5H3,(H,29,35)(H,31,34)(H2,30,32,36). The Bertz CT molecular complexity index is 1090. The van der Waals surface area contributed by atoms with Crippen LogP contribution in [0.4, 0.5) is 4.79 Å². The Hall–Kier alpha value is -4.08. The molecule has 10 heteroatoms. The topological polar surface area (TPSA) is 135 Å². The smallest absolute Gasteiger partial charge is 0.315 e. The molecular weight excluding hydrogens is 488 g/mol. The summed E-state index contributed by atoms with van der Waals surface area (Å²) >= 11 is 0. The molecule has 0 aliphatic carbocycles. The van der Waals surface area contributed by atoms with E-state index >= 15 is 0 Å². The van der Waals surface area contributed by atoms with Crippen LogP contribution in [0.5, 0.6) is 11.5 Å². The van der Waals surface area contributed by atoms with Gasteiger partial charge in [0, 0.05) is 24.7 Å². The molecule has 0 radical (unpaired) electrons. The Kier molecular flexibility index (Phi) is 12.1. The van der Waals surface area contributed by atoms with Crippen molar-refractivity contribution in [3.05, 3.63) is 59.7 Å². The van der Waals surface area contributed by atoms with Gasteiger partial charge in [0.1, 0.15) is 17.5 Å². The molecule has 206 valence electrons. The summed E-state index contributed by atoms with van der Waals surface area (Å²) < 4.78 is 10.5. The van der Waals surface area contributed by atoms with Crippen LogP contribution in [0.15, 0.2) is 48.5 Å². The molecule has 0 aromatic heterocycles. The highest BCUT2D eigenvalue weighted by atomic mass is 16.5. The Morgan fingerprint density at radius 2 is 1.55 bits per heavy atom. The Morgan fingerprint density at radius 3 is 2.16 bits per heavy atom. The zero-order chi connectivity index (χ0) is 28.1. The number of ketones is 1. The third-order valence-corrected chi connectivity index (χ3v) is 5.82. The van der Waals surface area contributed by atoms with Crippen LogP contribution in [-0.2, 0) is 27.5 Å². The molecule has 2 unspecified atom stereocenters. The van der Waals surface area contributed by atoms with E-state index in [1.807, 2.05) is 44.2 Å². The fourth-order valence-electron chi connectivity index (χ4n) is 3.73. The molecule has 2 aromatic rings. The van der Waals surface area contributed by atoms with Gasteiger partial charge in [-0.25, -0.2) is 4.79 Å². The monoisotopic (exact) mass is 526 g/mol. The van der Waals surface area contributed by atoms with E-state index in [1.165, 1.54) is 14.2 Å². The molecule has 4 amide bonds. The fourth-order valence-corrected chi connectivity index (χ4v) is 3.73. The predicted molar refractivity (Wildman–Crippen MR) is 144 cm³/mol. The maximum absolute atomic E-state index is 13.0. The van der Waals surface area contributed by atoms with Crippen LogP contribution >= 0.6 is 0 Å². The molecule has 0 spiro atoms. The van der Waals surface area contributed by atoms with E-state index in [-0.39, 0.29) is 18.9 Å². The van der Waals surface area contributed by atoms with Crippen molar-refractivity contribution in [2.75, 3.05) is 14.2 Å². The number of rotatable bonds is 14. The number of carbonyl (C=O) groups excluding carboxylic acids is 4. The molecule has 0 saturated heterocycles. The number of benzene rings is 2. The maximum Gasteiger partial charge on any atom is 0.315 e. The molecule has 2 aromatic carbocycles. The second-order valence-electron chi connectivity index (χ2n) is 9.19. The lowest BCUT2D eigenvalue weighted by atomic mass is 10.0. The number of hydrogen-bond donors (Lipinski definition) is 4. The highest BCUT2D eigenvalue weighted by Gasteiger charge is 2.29. The number of hydrogen-bond acceptors (Lipinski definition) is 6. The van der Waals surface area contributed by atoms with Gasteiger partial charge in [-0.2, -0.15) is 0 Å². The van der Waals surface area contributed by atoms with Gasteiger partial charge in [-0.05, 0) is 36.5 Å². The van der Waals surface area contributed by atoms with Gasteiger partial charge in [0.2, 0.25) is 11.7 Å². The van der Waals surface area contributed by atoms with Crippen molar-refractivity contribution in [1.82, 2.24) is 21.3 Å². The van der Waals surface area contributed by atoms with Crippen molar-refractivity contribution in [3.8, 4) is 11.5 Å². The largest absolute Gasteiger partial charge is 0.497 e. The molecule has 0 heterocycles. The second kappa shape index (κ2) is 15.2. The quantitative estimate of drug-likeness (QED) is 0.280. The Morgan fingerprint density at radius 1 is 0.842 bits per heavy atom. The first-order valence-electron chi connectivity index (χ1n) is 12.6. The van der Waals surface area contributed by atoms with E-state index in [2.05, 4.69) is 21.3 Å². The van der Waals surface area contributed by atoms with Crippen molar-refractivity contribution in [2.45, 2.75) is 58.8 Å². The summed E-state index contributed by atoms with van der Waals surface area (Å²) in [6.45, 7) is 5.90. The number of urea groups is 1. The van der Waals surface area contributed by atoms with Crippen molar-refractivity contribution in [3.63, 3.8) is 0 Å². The van der Waals surface area contributed by atoms with Gasteiger partial charge < -0.3 is 30.7 Å². The van der Waals surface area contributed by atoms with Gasteiger partial charge in [0.15, 0.2) is 0 Å². The highest BCUT2D eigenvalue weighted by Crippen LogP contribution is 2.24. The van der Waals surface area contributed by atoms with E-state index < -0.39 is 35.7 Å². The van der Waals surface area contributed by atoms with Crippen LogP contribution in [0.2, 0.25) is 0 Å². The van der Waals surface area contributed by atoms with Gasteiger partial charge in [-0.3, -0.25) is 14.4 Å². The number of amides is 4. The fraction of sp³-hybridized carbons (Fsp3) is 0.429. The van der Waals surface area contributed by atoms with Crippen LogP contribution in [0.25, 0.3) is 0 Å². The number of Topliss-reactive ketones (excluding diaryl/α,β-unsaturated/α-hetero) is 1. The van der Waals surface area contributed by atoms with Crippen LogP contribution in [-0.4, -0.2) is 49.9 Å². The number of ether oxygens (including phenoxy) is 2. The summed E-state index contributed by atoms with van der Waals surface area (Å²) in [6.07, 6.45) is 0.567. The average Bonchev–Trinajstić information content (AvgIpc) is 2.92. The molecule has 0 fully saturated rings. The first-order valence-corrected chi connectivity index (χ1v) is 12.6. The molecule has 0 aliphatic heterocycles. The minimum atomic E-state index is -1.04. The molecular formula is C28H38N4O6. The molecule has 2 atom stereocenters. The number of methoxy groups -OCH3 is 2. The first kappa shape index (κ1) is 30.1. The molecule has 4 N–H and O–H groups in total. The minimum Gasteiger partial charge on any atom is -0.497 e.